The first-order valence-electron chi connectivity index (χ1n) is 8.77. The molecule has 0 spiro atoms. The summed E-state index contributed by atoms with van der Waals surface area (Å²) < 4.78 is 16.1. The minimum absolute atomic E-state index is 0.254. The molecule has 0 amide bonds. The molecule has 1 aliphatic rings. The van der Waals surface area contributed by atoms with Crippen LogP contribution in [0.3, 0.4) is 0 Å². The molecule has 1 aromatic heterocycles. The highest BCUT2D eigenvalue weighted by Crippen LogP contribution is 2.21. The van der Waals surface area contributed by atoms with Crippen molar-refractivity contribution in [2.24, 2.45) is 0 Å². The maximum Gasteiger partial charge on any atom is 0.151 e. The predicted molar refractivity (Wildman–Crippen MR) is 93.4 cm³/mol. The molecule has 0 unspecified atom stereocenters. The number of fused-ring (bicyclic) bond motifs is 1. The quantitative estimate of drug-likeness (QED) is 0.909. The molecule has 5 nitrogen and oxygen atoms in total. The van der Waals surface area contributed by atoms with Gasteiger partial charge in [0.15, 0.2) is 5.82 Å². The largest absolute Gasteiger partial charge is 0.392 e. The van der Waals surface area contributed by atoms with Crippen LogP contribution in [0.25, 0.3) is 11.0 Å². The summed E-state index contributed by atoms with van der Waals surface area (Å²) in [6.07, 6.45) is -0.300. The Hall–Kier alpha value is -1.50. The van der Waals surface area contributed by atoms with E-state index in [9.17, 15) is 9.50 Å². The van der Waals surface area contributed by atoms with Crippen molar-refractivity contribution < 1.29 is 9.50 Å². The number of nitrogens with zero attached hydrogens (tertiary/aromatic N) is 4. The number of rotatable bonds is 5. The zero-order valence-electron chi connectivity index (χ0n) is 14.7. The van der Waals surface area contributed by atoms with E-state index < -0.39 is 0 Å². The van der Waals surface area contributed by atoms with Crippen LogP contribution in [-0.2, 0) is 13.1 Å². The Morgan fingerprint density at radius 3 is 2.83 bits per heavy atom. The zero-order chi connectivity index (χ0) is 17.3. The lowest BCUT2D eigenvalue weighted by Gasteiger charge is -2.40. The number of β-amino-alcohol motifs (C(OH)–C–C–N with tert-alkyl or cyclic N) is 1. The highest BCUT2D eigenvalue weighted by atomic mass is 19.1. The predicted octanol–water partition coefficient (Wildman–Crippen LogP) is 2.08. The van der Waals surface area contributed by atoms with Crippen LogP contribution in [0.15, 0.2) is 18.2 Å². The Morgan fingerprint density at radius 2 is 2.17 bits per heavy atom. The second-order valence-electron chi connectivity index (χ2n) is 6.81. The lowest BCUT2D eigenvalue weighted by atomic mass is 10.1. The van der Waals surface area contributed by atoms with E-state index in [4.69, 9.17) is 0 Å². The number of hydrogen-bond acceptors (Lipinski definition) is 4. The van der Waals surface area contributed by atoms with Crippen molar-refractivity contribution in [2.45, 2.75) is 46.0 Å². The summed E-state index contributed by atoms with van der Waals surface area (Å²) in [7, 11) is 0. The fraction of sp³-hybridized carbons (Fsp3) is 0.611. The van der Waals surface area contributed by atoms with Gasteiger partial charge in [0.05, 0.1) is 18.2 Å². The van der Waals surface area contributed by atoms with E-state index in [2.05, 4.69) is 33.2 Å². The second kappa shape index (κ2) is 7.17. The average Bonchev–Trinajstić information content (AvgIpc) is 2.88. The van der Waals surface area contributed by atoms with Crippen LogP contribution in [0, 0.1) is 5.82 Å². The summed E-state index contributed by atoms with van der Waals surface area (Å²) in [5, 5.41) is 9.59. The molecule has 132 valence electrons. The molecule has 6 heteroatoms. The molecule has 2 heterocycles. The molecule has 0 bridgehead atoms. The van der Waals surface area contributed by atoms with Crippen molar-refractivity contribution in [1.82, 2.24) is 19.4 Å². The molecule has 0 radical (unpaired) electrons. The number of imidazole rings is 1. The summed E-state index contributed by atoms with van der Waals surface area (Å²) in [4.78, 5) is 9.25. The van der Waals surface area contributed by atoms with Crippen LogP contribution in [0.2, 0.25) is 0 Å². The lowest BCUT2D eigenvalue weighted by molar-refractivity contribution is 0.0410. The molecule has 1 N–H and O–H groups in total. The molecule has 2 aromatic rings. The third-order valence-corrected chi connectivity index (χ3v) is 4.84. The van der Waals surface area contributed by atoms with Gasteiger partial charge in [-0.3, -0.25) is 9.80 Å². The topological polar surface area (TPSA) is 44.5 Å². The number of aromatic nitrogens is 2. The average molecular weight is 334 g/mol. The van der Waals surface area contributed by atoms with Crippen LogP contribution in [0.1, 0.15) is 26.6 Å². The first kappa shape index (κ1) is 17.3. The molecule has 3 rings (SSSR count). The van der Waals surface area contributed by atoms with Crippen LogP contribution in [-0.4, -0.2) is 62.8 Å². The molecule has 1 aromatic carbocycles. The van der Waals surface area contributed by atoms with Gasteiger partial charge in [0.25, 0.3) is 0 Å². The van der Waals surface area contributed by atoms with Gasteiger partial charge in [0.1, 0.15) is 11.3 Å². The van der Waals surface area contributed by atoms with E-state index in [1.54, 1.807) is 6.07 Å². The summed E-state index contributed by atoms with van der Waals surface area (Å²) in [6, 6.07) is 5.54. The van der Waals surface area contributed by atoms with E-state index in [-0.39, 0.29) is 11.9 Å². The maximum atomic E-state index is 14.0. The van der Waals surface area contributed by atoms with Crippen molar-refractivity contribution in [1.29, 1.82) is 0 Å². The Bertz CT molecular complexity index is 700. The van der Waals surface area contributed by atoms with Crippen LogP contribution >= 0.6 is 0 Å². The highest BCUT2D eigenvalue weighted by Gasteiger charge is 2.25. The van der Waals surface area contributed by atoms with E-state index >= 15 is 0 Å². The summed E-state index contributed by atoms with van der Waals surface area (Å²) >= 11 is 0. The Labute approximate surface area is 142 Å². The van der Waals surface area contributed by atoms with Gasteiger partial charge in [-0.15, -0.1) is 0 Å². The van der Waals surface area contributed by atoms with E-state index in [1.807, 2.05) is 13.0 Å². The van der Waals surface area contributed by atoms with Gasteiger partial charge in [-0.25, -0.2) is 9.37 Å². The van der Waals surface area contributed by atoms with E-state index in [0.29, 0.717) is 18.1 Å². The first-order valence-corrected chi connectivity index (χ1v) is 8.77. The molecular formula is C18H27FN4O. The fourth-order valence-electron chi connectivity index (χ4n) is 3.66. The van der Waals surface area contributed by atoms with Crippen LogP contribution in [0.5, 0.6) is 0 Å². The van der Waals surface area contributed by atoms with E-state index in [0.717, 1.165) is 44.1 Å². The third kappa shape index (κ3) is 3.45. The lowest BCUT2D eigenvalue weighted by Crippen LogP contribution is -2.53. The minimum Gasteiger partial charge on any atom is -0.392 e. The number of halogens is 1. The van der Waals surface area contributed by atoms with Crippen molar-refractivity contribution in [3.05, 3.63) is 29.8 Å². The molecule has 24 heavy (non-hydrogen) atoms. The number of hydrogen-bond donors (Lipinski definition) is 1. The van der Waals surface area contributed by atoms with E-state index in [1.165, 1.54) is 6.07 Å². The zero-order valence-corrected chi connectivity index (χ0v) is 14.7. The van der Waals surface area contributed by atoms with Crippen LogP contribution in [0.4, 0.5) is 4.39 Å². The summed E-state index contributed by atoms with van der Waals surface area (Å²) in [5.41, 5.74) is 1.34. The monoisotopic (exact) mass is 334 g/mol. The molecule has 1 fully saturated rings. The van der Waals surface area contributed by atoms with Crippen molar-refractivity contribution in [3.63, 3.8) is 0 Å². The van der Waals surface area contributed by atoms with Gasteiger partial charge in [-0.2, -0.15) is 0 Å². The smallest absolute Gasteiger partial charge is 0.151 e. The number of para-hydroxylation sites is 1. The normalized spacial score (nSPS) is 21.5. The molecule has 2 atom stereocenters. The molecule has 0 aliphatic carbocycles. The van der Waals surface area contributed by atoms with Crippen molar-refractivity contribution in [2.75, 3.05) is 26.2 Å². The standard InChI is InChI=1S/C18H27FN4O/c1-4-23-16-7-5-6-15(19)18(16)20-17(23)12-21-8-9-22(11-14(3)24)13(2)10-21/h5-7,13-14,24H,4,8-12H2,1-3H3/t13-,14+/m0/s1. The Balaban J connectivity index is 1.75. The molecule has 0 saturated carbocycles. The number of aliphatic hydroxyl groups is 1. The Kier molecular flexibility index (Phi) is 5.18. The van der Waals surface area contributed by atoms with Gasteiger partial charge in [0, 0.05) is 38.8 Å². The molecule has 1 saturated heterocycles. The molecular weight excluding hydrogens is 307 g/mol. The van der Waals surface area contributed by atoms with Gasteiger partial charge < -0.3 is 9.67 Å². The summed E-state index contributed by atoms with van der Waals surface area (Å²) in [6.45, 7) is 11.1. The maximum absolute atomic E-state index is 14.0. The highest BCUT2D eigenvalue weighted by molar-refractivity contribution is 5.76. The second-order valence-corrected chi connectivity index (χ2v) is 6.81. The van der Waals surface area contributed by atoms with Crippen LogP contribution < -0.4 is 0 Å². The SMILES string of the molecule is CCn1c(CN2CCN(C[C@@H](C)O)[C@@H](C)C2)nc2c(F)cccc21. The Morgan fingerprint density at radius 1 is 1.38 bits per heavy atom. The number of piperazine rings is 1. The number of aliphatic hydroxyl groups excluding tert-OH is 1. The first-order chi connectivity index (χ1) is 11.5. The fourth-order valence-corrected chi connectivity index (χ4v) is 3.66. The van der Waals surface area contributed by atoms with Gasteiger partial charge in [-0.05, 0) is 32.9 Å². The third-order valence-electron chi connectivity index (χ3n) is 4.84. The number of aryl methyl sites for hydroxylation is 1. The van der Waals surface area contributed by atoms with Gasteiger partial charge in [0.2, 0.25) is 0 Å². The summed E-state index contributed by atoms with van der Waals surface area (Å²) in [5.74, 6) is 0.671. The van der Waals surface area contributed by atoms with Gasteiger partial charge in [-0.1, -0.05) is 6.07 Å². The minimum atomic E-state index is -0.300. The van der Waals surface area contributed by atoms with Crippen molar-refractivity contribution >= 4 is 11.0 Å². The van der Waals surface area contributed by atoms with Crippen molar-refractivity contribution in [3.8, 4) is 0 Å². The molecule has 1 aliphatic heterocycles. The van der Waals surface area contributed by atoms with Gasteiger partial charge >= 0.3 is 0 Å². The number of benzene rings is 1.